The van der Waals surface area contributed by atoms with E-state index in [-0.39, 0.29) is 0 Å². The number of esters is 3. The second kappa shape index (κ2) is 8.31. The van der Waals surface area contributed by atoms with E-state index in [9.17, 15) is 28.8 Å². The zero-order valence-corrected chi connectivity index (χ0v) is 11.8. The lowest BCUT2D eigenvalue weighted by molar-refractivity contribution is -0.206. The number of hydrogen-bond donors (Lipinski definition) is 2. The summed E-state index contributed by atoms with van der Waals surface area (Å²) in [6, 6.07) is 0. The van der Waals surface area contributed by atoms with E-state index in [2.05, 4.69) is 18.9 Å². The smallest absolute Gasteiger partial charge is 0.418 e. The van der Waals surface area contributed by atoms with Crippen molar-refractivity contribution in [3.8, 4) is 0 Å². The molecule has 0 bridgehead atoms. The summed E-state index contributed by atoms with van der Waals surface area (Å²) >= 11 is 0. The van der Waals surface area contributed by atoms with Gasteiger partial charge in [0, 0.05) is 0 Å². The van der Waals surface area contributed by atoms with Crippen molar-refractivity contribution in [2.24, 2.45) is 0 Å². The van der Waals surface area contributed by atoms with E-state index >= 15 is 0 Å². The molecule has 12 nitrogen and oxygen atoms in total. The lowest BCUT2D eigenvalue weighted by Gasteiger charge is -2.24. The summed E-state index contributed by atoms with van der Waals surface area (Å²) in [6.07, 6.45) is -2.66. The van der Waals surface area contributed by atoms with Crippen LogP contribution in [0.4, 0.5) is 0 Å². The zero-order valence-electron chi connectivity index (χ0n) is 11.8. The Morgan fingerprint density at radius 1 is 1.13 bits per heavy atom. The first-order chi connectivity index (χ1) is 10.7. The van der Waals surface area contributed by atoms with E-state index in [0.29, 0.717) is 13.6 Å². The highest BCUT2D eigenvalue weighted by atomic mass is 16.7. The second-order valence-corrected chi connectivity index (χ2v) is 3.54. The molecule has 23 heavy (non-hydrogen) atoms. The van der Waals surface area contributed by atoms with Gasteiger partial charge in [-0.25, -0.2) is 28.8 Å². The number of methoxy groups -OCH3 is 1. The van der Waals surface area contributed by atoms with Gasteiger partial charge >= 0.3 is 41.9 Å². The van der Waals surface area contributed by atoms with Crippen molar-refractivity contribution in [2.75, 3.05) is 13.7 Å². The fourth-order valence-corrected chi connectivity index (χ4v) is 1.21. The van der Waals surface area contributed by atoms with Crippen LogP contribution < -0.4 is 0 Å². The molecule has 0 spiro atoms. The van der Waals surface area contributed by atoms with Crippen molar-refractivity contribution >= 4 is 36.3 Å². The van der Waals surface area contributed by atoms with Gasteiger partial charge in [0.25, 0.3) is 6.10 Å². The van der Waals surface area contributed by atoms with Gasteiger partial charge < -0.3 is 29.2 Å². The van der Waals surface area contributed by atoms with E-state index in [1.54, 1.807) is 0 Å². The third kappa shape index (κ3) is 4.15. The van der Waals surface area contributed by atoms with Crippen LogP contribution in [0, 0.1) is 0 Å². The Morgan fingerprint density at radius 2 is 1.70 bits per heavy atom. The van der Waals surface area contributed by atoms with Gasteiger partial charge in [-0.3, -0.25) is 0 Å². The molecule has 2 N–H and O–H groups in total. The van der Waals surface area contributed by atoms with Gasteiger partial charge in [0.2, 0.25) is 0 Å². The van der Waals surface area contributed by atoms with Crippen LogP contribution in [-0.2, 0) is 47.7 Å². The molecule has 12 heteroatoms. The SMILES string of the molecule is CCOC(=O)C(OC(=O)C(O[C]=O)C(=O)O)(C(=O)O)C(=O)OC. The number of hydrogen-bond acceptors (Lipinski definition) is 10. The van der Waals surface area contributed by atoms with Crippen LogP contribution >= 0.6 is 0 Å². The number of ether oxygens (including phenoxy) is 4. The van der Waals surface area contributed by atoms with Crippen LogP contribution in [0.25, 0.3) is 0 Å². The van der Waals surface area contributed by atoms with Crippen LogP contribution in [0.5, 0.6) is 0 Å². The third-order valence-electron chi connectivity index (χ3n) is 2.19. The predicted molar refractivity (Wildman–Crippen MR) is 63.3 cm³/mol. The minimum Gasteiger partial charge on any atom is -0.478 e. The summed E-state index contributed by atoms with van der Waals surface area (Å²) in [5.74, 6) is -10.1. The number of carboxylic acids is 2. The molecule has 0 fully saturated rings. The van der Waals surface area contributed by atoms with Crippen molar-refractivity contribution in [1.82, 2.24) is 0 Å². The first kappa shape index (κ1) is 19.8. The summed E-state index contributed by atoms with van der Waals surface area (Å²) in [7, 11) is 0.678. The number of aliphatic carboxylic acids is 2. The van der Waals surface area contributed by atoms with E-state index in [4.69, 9.17) is 10.2 Å². The second-order valence-electron chi connectivity index (χ2n) is 3.54. The molecule has 0 aliphatic rings. The van der Waals surface area contributed by atoms with E-state index < -0.39 is 48.2 Å². The highest BCUT2D eigenvalue weighted by molar-refractivity contribution is 6.23. The third-order valence-corrected chi connectivity index (χ3v) is 2.19. The van der Waals surface area contributed by atoms with Gasteiger partial charge in [-0.1, -0.05) is 0 Å². The molecule has 0 aliphatic carbocycles. The summed E-state index contributed by atoms with van der Waals surface area (Å²) in [4.78, 5) is 67.1. The van der Waals surface area contributed by atoms with E-state index in [1.165, 1.54) is 6.92 Å². The van der Waals surface area contributed by atoms with Gasteiger partial charge in [-0.15, -0.1) is 0 Å². The Bertz CT molecular complexity index is 523. The summed E-state index contributed by atoms with van der Waals surface area (Å²) in [5, 5.41) is 17.7. The van der Waals surface area contributed by atoms with Crippen molar-refractivity contribution in [3.63, 3.8) is 0 Å². The number of carbonyl (C=O) groups excluding carboxylic acids is 4. The molecule has 0 aromatic heterocycles. The monoisotopic (exact) mass is 335 g/mol. The van der Waals surface area contributed by atoms with Crippen LogP contribution in [-0.4, -0.2) is 72.0 Å². The van der Waals surface area contributed by atoms with E-state index in [1.807, 2.05) is 0 Å². The summed E-state index contributed by atoms with van der Waals surface area (Å²) in [6.45, 7) is 1.49. The van der Waals surface area contributed by atoms with Crippen molar-refractivity contribution in [2.45, 2.75) is 18.6 Å². The standard InChI is InChI=1S/C11H11O12/c1-3-21-10(19)11(8(16)17,9(18)20-2)23-7(15)5(6(13)14)22-4-12/h5H,3H2,1-2H3,(H,13,14)(H,16,17). The predicted octanol–water partition coefficient (Wildman–Crippen LogP) is -2.37. The Labute approximate surface area is 127 Å². The summed E-state index contributed by atoms with van der Waals surface area (Å²) in [5.41, 5.74) is -3.62. The summed E-state index contributed by atoms with van der Waals surface area (Å²) < 4.78 is 16.3. The maximum Gasteiger partial charge on any atom is 0.418 e. The molecular formula is C11H11O12. The Balaban J connectivity index is 5.86. The van der Waals surface area contributed by atoms with Crippen LogP contribution in [0.1, 0.15) is 6.92 Å². The van der Waals surface area contributed by atoms with Gasteiger partial charge in [-0.05, 0) is 6.92 Å². The molecule has 127 valence electrons. The number of carbonyl (C=O) groups is 5. The average molecular weight is 335 g/mol. The fraction of sp³-hybridized carbons (Fsp3) is 0.455. The number of rotatable bonds is 9. The molecule has 0 amide bonds. The average Bonchev–Trinajstić information content (AvgIpc) is 2.48. The van der Waals surface area contributed by atoms with Gasteiger partial charge in [-0.2, -0.15) is 0 Å². The van der Waals surface area contributed by atoms with Crippen molar-refractivity contribution in [3.05, 3.63) is 0 Å². The molecule has 2 unspecified atom stereocenters. The first-order valence-corrected chi connectivity index (χ1v) is 5.66. The van der Waals surface area contributed by atoms with Crippen molar-refractivity contribution in [1.29, 1.82) is 0 Å². The Hall–Kier alpha value is -3.18. The first-order valence-electron chi connectivity index (χ1n) is 5.66. The molecule has 0 aliphatic heterocycles. The van der Waals surface area contributed by atoms with Crippen LogP contribution in [0.3, 0.4) is 0 Å². The minimum absolute atomic E-state index is 0.399. The fourth-order valence-electron chi connectivity index (χ4n) is 1.21. The van der Waals surface area contributed by atoms with E-state index in [0.717, 1.165) is 0 Å². The normalized spacial score (nSPS) is 13.7. The quantitative estimate of drug-likeness (QED) is 0.260. The molecule has 0 aromatic rings. The van der Waals surface area contributed by atoms with Crippen LogP contribution in [0.15, 0.2) is 0 Å². The van der Waals surface area contributed by atoms with Gasteiger partial charge in [0.15, 0.2) is 0 Å². The highest BCUT2D eigenvalue weighted by Crippen LogP contribution is 2.19. The Kier molecular flexibility index (Phi) is 7.16. The number of carboxylic acid groups (broad SMARTS) is 2. The van der Waals surface area contributed by atoms with Gasteiger partial charge in [0.05, 0.1) is 13.7 Å². The largest absolute Gasteiger partial charge is 0.478 e. The molecule has 0 saturated heterocycles. The van der Waals surface area contributed by atoms with Crippen molar-refractivity contribution < 1.29 is 57.9 Å². The Morgan fingerprint density at radius 3 is 2.04 bits per heavy atom. The highest BCUT2D eigenvalue weighted by Gasteiger charge is 2.62. The maximum absolute atomic E-state index is 11.7. The molecule has 0 saturated carbocycles. The molecule has 0 aromatic carbocycles. The molecule has 0 heterocycles. The van der Waals surface area contributed by atoms with Crippen LogP contribution in [0.2, 0.25) is 0 Å². The molecule has 0 rings (SSSR count). The molecular weight excluding hydrogens is 324 g/mol. The lowest BCUT2D eigenvalue weighted by atomic mass is 10.0. The lowest BCUT2D eigenvalue weighted by Crippen LogP contribution is -2.59. The molecule has 1 radical (unpaired) electrons. The minimum atomic E-state index is -3.62. The topological polar surface area (TPSA) is 180 Å². The van der Waals surface area contributed by atoms with Gasteiger partial charge in [0.1, 0.15) is 0 Å². The maximum atomic E-state index is 11.7. The zero-order chi connectivity index (χ0) is 18.2. The molecule has 2 atom stereocenters.